The monoisotopic (exact) mass is 413 g/mol. The van der Waals surface area contributed by atoms with Gasteiger partial charge in [-0.3, -0.25) is 14.1 Å². The fourth-order valence-corrected chi connectivity index (χ4v) is 4.11. The van der Waals surface area contributed by atoms with Crippen molar-refractivity contribution in [3.8, 4) is 0 Å². The quantitative estimate of drug-likeness (QED) is 0.646. The van der Waals surface area contributed by atoms with Gasteiger partial charge >= 0.3 is 0 Å². The Hall–Kier alpha value is -3.26. The Morgan fingerprint density at radius 2 is 1.69 bits per heavy atom. The molecule has 0 radical (unpaired) electrons. The van der Waals surface area contributed by atoms with E-state index in [1.807, 2.05) is 6.92 Å². The Morgan fingerprint density at radius 1 is 1.03 bits per heavy atom. The van der Waals surface area contributed by atoms with Gasteiger partial charge in [-0.2, -0.15) is 0 Å². The van der Waals surface area contributed by atoms with Crippen molar-refractivity contribution in [2.75, 3.05) is 10.8 Å². The number of nitrogens with zero attached hydrogens (tertiary/aromatic N) is 2. The first-order chi connectivity index (χ1) is 13.9. The van der Waals surface area contributed by atoms with Crippen molar-refractivity contribution in [3.63, 3.8) is 0 Å². The van der Waals surface area contributed by atoms with Crippen LogP contribution in [0.15, 0.2) is 78.0 Å². The molecule has 0 spiro atoms. The number of aromatic nitrogens is 1. The fourth-order valence-electron chi connectivity index (χ4n) is 2.68. The maximum atomic E-state index is 14.4. The molecule has 8 heteroatoms. The van der Waals surface area contributed by atoms with E-state index in [-0.39, 0.29) is 17.1 Å². The number of nitrogens with one attached hydrogen (secondary N) is 1. The minimum absolute atomic E-state index is 0.0201. The number of para-hydroxylation sites is 1. The van der Waals surface area contributed by atoms with Gasteiger partial charge < -0.3 is 5.32 Å². The minimum Gasteiger partial charge on any atom is -0.350 e. The number of hydrogen-bond donors (Lipinski definition) is 1. The van der Waals surface area contributed by atoms with E-state index in [0.717, 1.165) is 21.5 Å². The molecule has 0 unspecified atom stereocenters. The molecule has 0 atom stereocenters. The average molecular weight is 413 g/mol. The number of amides is 1. The van der Waals surface area contributed by atoms with Gasteiger partial charge in [0, 0.05) is 18.9 Å². The van der Waals surface area contributed by atoms with Gasteiger partial charge in [-0.1, -0.05) is 29.8 Å². The number of aryl methyl sites for hydroxylation is 1. The normalized spacial score (nSPS) is 11.1. The molecular weight excluding hydrogens is 393 g/mol. The summed E-state index contributed by atoms with van der Waals surface area (Å²) in [4.78, 5) is 16.4. The van der Waals surface area contributed by atoms with Crippen LogP contribution in [0.3, 0.4) is 0 Å². The standard InChI is InChI=1S/C21H20FN3O3S/c1-16-6-8-18(9-7-16)29(27,28)25(20-5-3-2-4-19(20)22)15-21(26)24-14-17-10-12-23-13-11-17/h2-13H,14-15H2,1H3,(H,24,26). The highest BCUT2D eigenvalue weighted by Gasteiger charge is 2.29. The van der Waals surface area contributed by atoms with E-state index in [9.17, 15) is 17.6 Å². The number of pyridine rings is 1. The lowest BCUT2D eigenvalue weighted by Crippen LogP contribution is -2.41. The molecule has 0 aliphatic heterocycles. The molecule has 2 aromatic carbocycles. The average Bonchev–Trinajstić information content (AvgIpc) is 2.72. The summed E-state index contributed by atoms with van der Waals surface area (Å²) < 4.78 is 41.5. The molecule has 150 valence electrons. The van der Waals surface area contributed by atoms with E-state index >= 15 is 0 Å². The summed E-state index contributed by atoms with van der Waals surface area (Å²) in [6.45, 7) is 1.48. The summed E-state index contributed by atoms with van der Waals surface area (Å²) >= 11 is 0. The lowest BCUT2D eigenvalue weighted by Gasteiger charge is -2.24. The number of hydrogen-bond acceptors (Lipinski definition) is 4. The highest BCUT2D eigenvalue weighted by atomic mass is 32.2. The molecule has 1 amide bonds. The second-order valence-electron chi connectivity index (χ2n) is 6.41. The van der Waals surface area contributed by atoms with Crippen LogP contribution < -0.4 is 9.62 Å². The third-order valence-electron chi connectivity index (χ3n) is 4.26. The molecule has 3 aromatic rings. The van der Waals surface area contributed by atoms with Crippen LogP contribution in [0.1, 0.15) is 11.1 Å². The zero-order chi connectivity index (χ0) is 20.9. The van der Waals surface area contributed by atoms with Crippen LogP contribution in [0, 0.1) is 12.7 Å². The first-order valence-corrected chi connectivity index (χ1v) is 10.3. The van der Waals surface area contributed by atoms with Crippen LogP contribution in [-0.4, -0.2) is 25.9 Å². The molecule has 1 N–H and O–H groups in total. The predicted molar refractivity (Wildman–Crippen MR) is 108 cm³/mol. The molecule has 0 fully saturated rings. The lowest BCUT2D eigenvalue weighted by atomic mass is 10.2. The minimum atomic E-state index is -4.15. The van der Waals surface area contributed by atoms with Crippen molar-refractivity contribution < 1.29 is 17.6 Å². The van der Waals surface area contributed by atoms with Crippen LogP contribution in [0.5, 0.6) is 0 Å². The van der Waals surface area contributed by atoms with Crippen LogP contribution in [0.4, 0.5) is 10.1 Å². The highest BCUT2D eigenvalue weighted by molar-refractivity contribution is 7.92. The van der Waals surface area contributed by atoms with Crippen molar-refractivity contribution in [2.24, 2.45) is 0 Å². The zero-order valence-corrected chi connectivity index (χ0v) is 16.6. The summed E-state index contributed by atoms with van der Waals surface area (Å²) in [6, 6.07) is 15.1. The topological polar surface area (TPSA) is 79.4 Å². The van der Waals surface area contributed by atoms with Crippen LogP contribution in [0.2, 0.25) is 0 Å². The molecule has 6 nitrogen and oxygen atoms in total. The second kappa shape index (κ2) is 8.83. The smallest absolute Gasteiger partial charge is 0.264 e. The Balaban J connectivity index is 1.88. The van der Waals surface area contributed by atoms with Gasteiger partial charge in [0.2, 0.25) is 5.91 Å². The number of anilines is 1. The van der Waals surface area contributed by atoms with Crippen molar-refractivity contribution in [1.82, 2.24) is 10.3 Å². The molecule has 0 aliphatic carbocycles. The predicted octanol–water partition coefficient (Wildman–Crippen LogP) is 3.04. The molecule has 1 aromatic heterocycles. The van der Waals surface area contributed by atoms with Gasteiger partial charge in [-0.15, -0.1) is 0 Å². The van der Waals surface area contributed by atoms with E-state index in [1.54, 1.807) is 36.7 Å². The lowest BCUT2D eigenvalue weighted by molar-refractivity contribution is -0.119. The van der Waals surface area contributed by atoms with Crippen LogP contribution in [-0.2, 0) is 21.4 Å². The van der Waals surface area contributed by atoms with E-state index < -0.39 is 28.3 Å². The van der Waals surface area contributed by atoms with E-state index in [1.165, 1.54) is 30.3 Å². The third kappa shape index (κ3) is 4.97. The van der Waals surface area contributed by atoms with Crippen molar-refractivity contribution >= 4 is 21.6 Å². The molecule has 0 saturated heterocycles. The summed E-state index contributed by atoms with van der Waals surface area (Å²) in [5, 5.41) is 2.66. The van der Waals surface area contributed by atoms with E-state index in [4.69, 9.17) is 0 Å². The maximum absolute atomic E-state index is 14.4. The molecule has 29 heavy (non-hydrogen) atoms. The number of carbonyl (C=O) groups is 1. The van der Waals surface area contributed by atoms with Crippen LogP contribution in [0.25, 0.3) is 0 Å². The van der Waals surface area contributed by atoms with Gasteiger partial charge in [0.05, 0.1) is 10.6 Å². The van der Waals surface area contributed by atoms with Gasteiger partial charge in [0.1, 0.15) is 12.4 Å². The molecule has 1 heterocycles. The summed E-state index contributed by atoms with van der Waals surface area (Å²) in [7, 11) is -4.15. The third-order valence-corrected chi connectivity index (χ3v) is 6.03. The van der Waals surface area contributed by atoms with Crippen LogP contribution >= 0.6 is 0 Å². The molecule has 0 bridgehead atoms. The number of benzene rings is 2. The van der Waals surface area contributed by atoms with Gasteiger partial charge in [-0.25, -0.2) is 12.8 Å². The molecular formula is C21H20FN3O3S. The molecule has 0 saturated carbocycles. The maximum Gasteiger partial charge on any atom is 0.264 e. The van der Waals surface area contributed by atoms with Crippen molar-refractivity contribution in [1.29, 1.82) is 0 Å². The van der Waals surface area contributed by atoms with E-state index in [0.29, 0.717) is 0 Å². The Labute approximate surface area is 169 Å². The zero-order valence-electron chi connectivity index (χ0n) is 15.7. The number of halogens is 1. The van der Waals surface area contributed by atoms with Gasteiger partial charge in [0.15, 0.2) is 0 Å². The second-order valence-corrected chi connectivity index (χ2v) is 8.27. The van der Waals surface area contributed by atoms with Crippen molar-refractivity contribution in [2.45, 2.75) is 18.4 Å². The Bertz CT molecular complexity index is 1090. The van der Waals surface area contributed by atoms with Gasteiger partial charge in [0.25, 0.3) is 10.0 Å². The SMILES string of the molecule is Cc1ccc(S(=O)(=O)N(CC(=O)NCc2ccncc2)c2ccccc2F)cc1. The largest absolute Gasteiger partial charge is 0.350 e. The fraction of sp³-hybridized carbons (Fsp3) is 0.143. The highest BCUT2D eigenvalue weighted by Crippen LogP contribution is 2.26. The van der Waals surface area contributed by atoms with Crippen molar-refractivity contribution in [3.05, 3.63) is 90.0 Å². The summed E-state index contributed by atoms with van der Waals surface area (Å²) in [5.41, 5.74) is 1.51. The summed E-state index contributed by atoms with van der Waals surface area (Å²) in [5.74, 6) is -1.29. The number of carbonyl (C=O) groups excluding carboxylic acids is 1. The Kier molecular flexibility index (Phi) is 6.23. The number of sulfonamides is 1. The van der Waals surface area contributed by atoms with E-state index in [2.05, 4.69) is 10.3 Å². The first kappa shape index (κ1) is 20.5. The first-order valence-electron chi connectivity index (χ1n) is 8.87. The number of rotatable bonds is 7. The molecule has 3 rings (SSSR count). The molecule has 0 aliphatic rings. The Morgan fingerprint density at radius 3 is 2.34 bits per heavy atom. The summed E-state index contributed by atoms with van der Waals surface area (Å²) in [6.07, 6.45) is 3.18. The van der Waals surface area contributed by atoms with Gasteiger partial charge in [-0.05, 0) is 48.9 Å².